The molecule has 1 fully saturated rings. The van der Waals surface area contributed by atoms with E-state index in [-0.39, 0.29) is 11.3 Å². The average Bonchev–Trinajstić information content (AvgIpc) is 3.05. The Morgan fingerprint density at radius 1 is 1.74 bits per heavy atom. The van der Waals surface area contributed by atoms with Crippen LogP contribution in [-0.2, 0) is 16.0 Å². The number of hydrogen-bond donors (Lipinski definition) is 2. The molecule has 0 spiro atoms. The molecular weight excluding hydrogens is 252 g/mol. The number of carbonyl (C=O) groups is 1. The van der Waals surface area contributed by atoms with Gasteiger partial charge >= 0.3 is 5.97 Å². The lowest BCUT2D eigenvalue weighted by molar-refractivity contribution is -0.0157. The van der Waals surface area contributed by atoms with E-state index in [1.54, 1.807) is 7.11 Å². The summed E-state index contributed by atoms with van der Waals surface area (Å²) in [6, 6.07) is 0. The molecule has 2 rings (SSSR count). The minimum absolute atomic E-state index is 0.0439. The molecule has 1 atom stereocenters. The van der Waals surface area contributed by atoms with Crippen LogP contribution in [0.25, 0.3) is 0 Å². The monoisotopic (exact) mass is 270 g/mol. The van der Waals surface area contributed by atoms with E-state index in [9.17, 15) is 4.79 Å². The molecular formula is C11H18N4O4. The fourth-order valence-corrected chi connectivity index (χ4v) is 1.98. The number of carboxylic acids is 1. The summed E-state index contributed by atoms with van der Waals surface area (Å²) in [5.41, 5.74) is -0.285. The van der Waals surface area contributed by atoms with Crippen LogP contribution in [0.5, 0.6) is 0 Å². The summed E-state index contributed by atoms with van der Waals surface area (Å²) in [6.45, 7) is 3.24. The van der Waals surface area contributed by atoms with Crippen LogP contribution in [0.2, 0.25) is 0 Å². The first-order valence-electron chi connectivity index (χ1n) is 6.12. The molecule has 0 aromatic carbocycles. The van der Waals surface area contributed by atoms with Crippen molar-refractivity contribution in [1.29, 1.82) is 0 Å². The lowest BCUT2D eigenvalue weighted by Gasteiger charge is -2.25. The minimum Gasteiger partial charge on any atom is -0.476 e. The number of nitrogens with one attached hydrogen (secondary N) is 1. The molecule has 1 saturated heterocycles. The quantitative estimate of drug-likeness (QED) is 0.636. The van der Waals surface area contributed by atoms with E-state index in [0.29, 0.717) is 26.2 Å². The third kappa shape index (κ3) is 3.49. The van der Waals surface area contributed by atoms with E-state index in [4.69, 9.17) is 14.6 Å². The van der Waals surface area contributed by atoms with Crippen LogP contribution in [0.15, 0.2) is 6.20 Å². The lowest BCUT2D eigenvalue weighted by Crippen LogP contribution is -2.43. The number of ether oxygens (including phenoxy) is 2. The van der Waals surface area contributed by atoms with E-state index in [0.717, 1.165) is 13.0 Å². The number of rotatable bonds is 7. The predicted octanol–water partition coefficient (Wildman–Crippen LogP) is -0.629. The third-order valence-corrected chi connectivity index (χ3v) is 3.22. The molecule has 0 radical (unpaired) electrons. The van der Waals surface area contributed by atoms with Gasteiger partial charge in [0.15, 0.2) is 5.69 Å². The Bertz CT molecular complexity index is 428. The molecule has 1 aliphatic rings. The zero-order chi connectivity index (χ0) is 13.7. The summed E-state index contributed by atoms with van der Waals surface area (Å²) in [5, 5.41) is 19.3. The highest BCUT2D eigenvalue weighted by Crippen LogP contribution is 2.21. The van der Waals surface area contributed by atoms with Gasteiger partial charge in [-0.2, -0.15) is 0 Å². The second-order valence-corrected chi connectivity index (χ2v) is 4.54. The SMILES string of the molecule is COC1(CNCCn2cc(C(=O)O)nn2)CCOC1. The molecule has 8 heteroatoms. The summed E-state index contributed by atoms with van der Waals surface area (Å²) in [5.74, 6) is -1.07. The fraction of sp³-hybridized carbons (Fsp3) is 0.727. The summed E-state index contributed by atoms with van der Waals surface area (Å²) >= 11 is 0. The van der Waals surface area contributed by atoms with E-state index in [1.807, 2.05) is 0 Å². The van der Waals surface area contributed by atoms with Gasteiger partial charge in [0.2, 0.25) is 0 Å². The normalized spacial score (nSPS) is 22.8. The second kappa shape index (κ2) is 6.09. The molecule has 1 aliphatic heterocycles. The molecule has 0 aliphatic carbocycles. The van der Waals surface area contributed by atoms with Gasteiger partial charge in [0.1, 0.15) is 5.60 Å². The Morgan fingerprint density at radius 2 is 2.58 bits per heavy atom. The van der Waals surface area contributed by atoms with E-state index >= 15 is 0 Å². The van der Waals surface area contributed by atoms with Gasteiger partial charge in [0, 0.05) is 33.2 Å². The largest absolute Gasteiger partial charge is 0.476 e. The highest BCUT2D eigenvalue weighted by Gasteiger charge is 2.34. The highest BCUT2D eigenvalue weighted by atomic mass is 16.5. The van der Waals surface area contributed by atoms with Gasteiger partial charge in [-0.3, -0.25) is 4.68 Å². The molecule has 8 nitrogen and oxygen atoms in total. The molecule has 0 saturated carbocycles. The number of aromatic carboxylic acids is 1. The van der Waals surface area contributed by atoms with E-state index in [2.05, 4.69) is 15.6 Å². The number of aromatic nitrogens is 3. The van der Waals surface area contributed by atoms with Gasteiger partial charge in [-0.05, 0) is 0 Å². The van der Waals surface area contributed by atoms with Crippen LogP contribution in [0, 0.1) is 0 Å². The first-order valence-corrected chi connectivity index (χ1v) is 6.12. The smallest absolute Gasteiger partial charge is 0.358 e. The maximum Gasteiger partial charge on any atom is 0.358 e. The standard InChI is InChI=1S/C11H18N4O4/c1-18-11(2-5-19-8-11)7-12-3-4-15-6-9(10(16)17)13-14-15/h6,12H,2-5,7-8H2,1H3,(H,16,17). The van der Waals surface area contributed by atoms with Crippen molar-refractivity contribution >= 4 is 5.97 Å². The van der Waals surface area contributed by atoms with Crippen LogP contribution in [0.3, 0.4) is 0 Å². The number of carboxylic acid groups (broad SMARTS) is 1. The van der Waals surface area contributed by atoms with Crippen molar-refractivity contribution in [1.82, 2.24) is 20.3 Å². The van der Waals surface area contributed by atoms with Crippen molar-refractivity contribution in [3.63, 3.8) is 0 Å². The van der Waals surface area contributed by atoms with E-state index < -0.39 is 5.97 Å². The first kappa shape index (κ1) is 13.9. The van der Waals surface area contributed by atoms with Crippen LogP contribution < -0.4 is 5.32 Å². The van der Waals surface area contributed by atoms with E-state index in [1.165, 1.54) is 10.9 Å². The van der Waals surface area contributed by atoms with Crippen molar-refractivity contribution in [2.75, 3.05) is 33.4 Å². The van der Waals surface area contributed by atoms with Crippen LogP contribution >= 0.6 is 0 Å². The van der Waals surface area contributed by atoms with Crippen molar-refractivity contribution < 1.29 is 19.4 Å². The predicted molar refractivity (Wildman–Crippen MR) is 65.0 cm³/mol. The molecule has 1 aromatic rings. The number of methoxy groups -OCH3 is 1. The zero-order valence-electron chi connectivity index (χ0n) is 10.8. The number of hydrogen-bond acceptors (Lipinski definition) is 6. The summed E-state index contributed by atoms with van der Waals surface area (Å²) < 4.78 is 12.3. The highest BCUT2D eigenvalue weighted by molar-refractivity contribution is 5.84. The van der Waals surface area contributed by atoms with Gasteiger partial charge in [-0.15, -0.1) is 5.10 Å². The maximum atomic E-state index is 10.6. The molecule has 2 N–H and O–H groups in total. The maximum absolute atomic E-state index is 10.6. The van der Waals surface area contributed by atoms with Crippen LogP contribution in [0.1, 0.15) is 16.9 Å². The van der Waals surface area contributed by atoms with Crippen molar-refractivity contribution in [3.8, 4) is 0 Å². The Morgan fingerprint density at radius 3 is 3.16 bits per heavy atom. The zero-order valence-corrected chi connectivity index (χ0v) is 10.8. The van der Waals surface area contributed by atoms with Gasteiger partial charge in [0.05, 0.1) is 19.3 Å². The summed E-state index contributed by atoms with van der Waals surface area (Å²) in [4.78, 5) is 10.6. The topological polar surface area (TPSA) is 98.5 Å². The average molecular weight is 270 g/mol. The van der Waals surface area contributed by atoms with Crippen LogP contribution in [0.4, 0.5) is 0 Å². The van der Waals surface area contributed by atoms with Gasteiger partial charge < -0.3 is 19.9 Å². The Labute approximate surface area is 110 Å². The molecule has 19 heavy (non-hydrogen) atoms. The lowest BCUT2D eigenvalue weighted by atomic mass is 10.0. The van der Waals surface area contributed by atoms with Gasteiger partial charge in [-0.25, -0.2) is 4.79 Å². The van der Waals surface area contributed by atoms with Gasteiger partial charge in [-0.1, -0.05) is 5.21 Å². The molecule has 1 unspecified atom stereocenters. The molecule has 1 aromatic heterocycles. The van der Waals surface area contributed by atoms with Gasteiger partial charge in [0.25, 0.3) is 0 Å². The fourth-order valence-electron chi connectivity index (χ4n) is 1.98. The molecule has 0 bridgehead atoms. The molecule has 106 valence electrons. The Kier molecular flexibility index (Phi) is 4.46. The summed E-state index contributed by atoms with van der Waals surface area (Å²) in [6.07, 6.45) is 2.29. The minimum atomic E-state index is -1.07. The Hall–Kier alpha value is -1.51. The summed E-state index contributed by atoms with van der Waals surface area (Å²) in [7, 11) is 1.69. The van der Waals surface area contributed by atoms with Crippen molar-refractivity contribution in [2.45, 2.75) is 18.6 Å². The van der Waals surface area contributed by atoms with Crippen LogP contribution in [-0.4, -0.2) is 65.1 Å². The first-order chi connectivity index (χ1) is 9.15. The third-order valence-electron chi connectivity index (χ3n) is 3.22. The molecule has 0 amide bonds. The van der Waals surface area contributed by atoms with Crippen molar-refractivity contribution in [3.05, 3.63) is 11.9 Å². The number of nitrogens with zero attached hydrogens (tertiary/aromatic N) is 3. The molecule has 2 heterocycles. The second-order valence-electron chi connectivity index (χ2n) is 4.54. The Balaban J connectivity index is 1.72. The van der Waals surface area contributed by atoms with Crippen molar-refractivity contribution in [2.24, 2.45) is 0 Å².